The van der Waals surface area contributed by atoms with Crippen LogP contribution in [0.5, 0.6) is 0 Å². The highest BCUT2D eigenvalue weighted by Crippen LogP contribution is 2.07. The summed E-state index contributed by atoms with van der Waals surface area (Å²) in [5.74, 6) is -0.607. The molecule has 0 radical (unpaired) electrons. The Labute approximate surface area is 104 Å². The van der Waals surface area contributed by atoms with Gasteiger partial charge in [-0.25, -0.2) is 0 Å². The Morgan fingerprint density at radius 2 is 1.80 bits per heavy atom. The van der Waals surface area contributed by atoms with Crippen LogP contribution in [0.15, 0.2) is 0 Å². The van der Waals surface area contributed by atoms with Crippen molar-refractivity contribution in [2.45, 2.75) is 45.8 Å². The van der Waals surface area contributed by atoms with Gasteiger partial charge in [-0.05, 0) is 13.8 Å². The predicted octanol–water partition coefficient (Wildman–Crippen LogP) is 2.08. The Morgan fingerprint density at radius 3 is 2.20 bits per heavy atom. The maximum Gasteiger partial charge on any atom is 0.309 e. The van der Waals surface area contributed by atoms with E-state index >= 15 is 0 Å². The van der Waals surface area contributed by atoms with Gasteiger partial charge in [0.05, 0.1) is 12.5 Å². The van der Waals surface area contributed by atoms with E-state index in [2.05, 4.69) is 22.6 Å². The Morgan fingerprint density at radius 1 is 1.20 bits per heavy atom. The monoisotopic (exact) mass is 328 g/mol. The molecule has 0 aromatic carbocycles. The minimum Gasteiger partial charge on any atom is -0.463 e. The van der Waals surface area contributed by atoms with Gasteiger partial charge < -0.3 is 9.47 Å². The fraction of sp³-hybridized carbons (Fsp3) is 0.800. The SMILES string of the molecule is CCC(=O)OC(CI)CC(=O)OC(C)C. The van der Waals surface area contributed by atoms with Crippen molar-refractivity contribution in [1.82, 2.24) is 0 Å². The number of ether oxygens (including phenoxy) is 2. The largest absolute Gasteiger partial charge is 0.463 e. The molecule has 5 heteroatoms. The summed E-state index contributed by atoms with van der Waals surface area (Å²) < 4.78 is 10.6. The van der Waals surface area contributed by atoms with E-state index < -0.39 is 0 Å². The van der Waals surface area contributed by atoms with E-state index in [-0.39, 0.29) is 30.6 Å². The molecule has 0 spiro atoms. The van der Waals surface area contributed by atoms with Crippen LogP contribution in [-0.2, 0) is 19.1 Å². The zero-order chi connectivity index (χ0) is 11.8. The standard InChI is InChI=1S/C10H17IO4/c1-4-9(12)15-8(6-11)5-10(13)14-7(2)3/h7-8H,4-6H2,1-3H3. The van der Waals surface area contributed by atoms with E-state index in [0.29, 0.717) is 10.8 Å². The lowest BCUT2D eigenvalue weighted by Gasteiger charge is -2.15. The van der Waals surface area contributed by atoms with Gasteiger partial charge in [0, 0.05) is 10.8 Å². The van der Waals surface area contributed by atoms with Crippen LogP contribution in [0.3, 0.4) is 0 Å². The normalized spacial score (nSPS) is 12.3. The number of esters is 2. The van der Waals surface area contributed by atoms with E-state index in [4.69, 9.17) is 9.47 Å². The van der Waals surface area contributed by atoms with Crippen molar-refractivity contribution < 1.29 is 19.1 Å². The van der Waals surface area contributed by atoms with Crippen LogP contribution >= 0.6 is 22.6 Å². The van der Waals surface area contributed by atoms with E-state index in [9.17, 15) is 9.59 Å². The number of carbonyl (C=O) groups excluding carboxylic acids is 2. The van der Waals surface area contributed by atoms with Crippen molar-refractivity contribution in [3.8, 4) is 0 Å². The summed E-state index contributed by atoms with van der Waals surface area (Å²) in [5, 5.41) is 0. The number of hydrogen-bond acceptors (Lipinski definition) is 4. The third-order valence-electron chi connectivity index (χ3n) is 1.52. The van der Waals surface area contributed by atoms with Crippen LogP contribution in [0.1, 0.15) is 33.6 Å². The number of rotatable bonds is 6. The molecular weight excluding hydrogens is 311 g/mol. The summed E-state index contributed by atoms with van der Waals surface area (Å²) in [4.78, 5) is 22.3. The molecule has 0 amide bonds. The lowest BCUT2D eigenvalue weighted by molar-refractivity contribution is -0.155. The summed E-state index contributed by atoms with van der Waals surface area (Å²) in [6, 6.07) is 0. The molecule has 88 valence electrons. The lowest BCUT2D eigenvalue weighted by atomic mass is 10.3. The molecule has 0 saturated carbocycles. The molecule has 0 heterocycles. The fourth-order valence-corrected chi connectivity index (χ4v) is 1.39. The molecule has 0 rings (SSSR count). The first-order valence-corrected chi connectivity index (χ1v) is 6.47. The molecule has 0 aromatic heterocycles. The van der Waals surface area contributed by atoms with Crippen molar-refractivity contribution in [3.63, 3.8) is 0 Å². The average Bonchev–Trinajstić information content (AvgIpc) is 2.15. The number of halogens is 1. The smallest absolute Gasteiger partial charge is 0.309 e. The molecule has 1 unspecified atom stereocenters. The second-order valence-corrected chi connectivity index (χ2v) is 4.24. The van der Waals surface area contributed by atoms with Crippen molar-refractivity contribution in [2.24, 2.45) is 0 Å². The molecule has 0 aliphatic heterocycles. The van der Waals surface area contributed by atoms with Gasteiger partial charge in [0.25, 0.3) is 0 Å². The predicted molar refractivity (Wildman–Crippen MR) is 64.9 cm³/mol. The Hall–Kier alpha value is -0.330. The third-order valence-corrected chi connectivity index (χ3v) is 2.50. The molecule has 15 heavy (non-hydrogen) atoms. The van der Waals surface area contributed by atoms with Crippen molar-refractivity contribution >= 4 is 34.5 Å². The molecule has 1 atom stereocenters. The van der Waals surface area contributed by atoms with Crippen molar-refractivity contribution in [3.05, 3.63) is 0 Å². The number of alkyl halides is 1. The summed E-state index contributed by atoms with van der Waals surface area (Å²) in [6.45, 7) is 5.29. The second-order valence-electron chi connectivity index (χ2n) is 3.36. The number of carbonyl (C=O) groups is 2. The van der Waals surface area contributed by atoms with Crippen LogP contribution < -0.4 is 0 Å². The minimum absolute atomic E-state index is 0.130. The van der Waals surface area contributed by atoms with E-state index in [1.54, 1.807) is 20.8 Å². The molecule has 0 bridgehead atoms. The second kappa shape index (κ2) is 7.90. The van der Waals surface area contributed by atoms with Gasteiger partial charge in [0.1, 0.15) is 6.10 Å². The maximum absolute atomic E-state index is 11.3. The zero-order valence-electron chi connectivity index (χ0n) is 9.29. The van der Waals surface area contributed by atoms with Crippen LogP contribution in [0.2, 0.25) is 0 Å². The first-order chi connectivity index (χ1) is 6.99. The molecule has 0 aliphatic carbocycles. The molecule has 4 nitrogen and oxygen atoms in total. The summed E-state index contributed by atoms with van der Waals surface area (Å²) in [5.41, 5.74) is 0. The van der Waals surface area contributed by atoms with E-state index in [1.165, 1.54) is 0 Å². The number of hydrogen-bond donors (Lipinski definition) is 0. The van der Waals surface area contributed by atoms with Gasteiger partial charge in [0.15, 0.2) is 0 Å². The van der Waals surface area contributed by atoms with Crippen LogP contribution in [0, 0.1) is 0 Å². The first kappa shape index (κ1) is 14.7. The highest BCUT2D eigenvalue weighted by molar-refractivity contribution is 14.1. The molecular formula is C10H17IO4. The van der Waals surface area contributed by atoms with Gasteiger partial charge in [-0.1, -0.05) is 29.5 Å². The van der Waals surface area contributed by atoms with Gasteiger partial charge >= 0.3 is 11.9 Å². The molecule has 0 aromatic rings. The topological polar surface area (TPSA) is 52.6 Å². The summed E-state index contributed by atoms with van der Waals surface area (Å²) in [6.07, 6.45) is -0.0438. The zero-order valence-corrected chi connectivity index (χ0v) is 11.4. The third kappa shape index (κ3) is 7.58. The van der Waals surface area contributed by atoms with Crippen molar-refractivity contribution in [2.75, 3.05) is 4.43 Å². The van der Waals surface area contributed by atoms with Crippen LogP contribution in [-0.4, -0.2) is 28.6 Å². The molecule has 0 N–H and O–H groups in total. The maximum atomic E-state index is 11.3. The van der Waals surface area contributed by atoms with Crippen molar-refractivity contribution in [1.29, 1.82) is 0 Å². The highest BCUT2D eigenvalue weighted by Gasteiger charge is 2.18. The highest BCUT2D eigenvalue weighted by atomic mass is 127. The lowest BCUT2D eigenvalue weighted by Crippen LogP contribution is -2.25. The molecule has 0 aliphatic rings. The summed E-state index contributed by atoms with van der Waals surface area (Å²) >= 11 is 2.08. The van der Waals surface area contributed by atoms with Gasteiger partial charge in [0.2, 0.25) is 0 Å². The van der Waals surface area contributed by atoms with Gasteiger partial charge in [-0.3, -0.25) is 9.59 Å². The van der Waals surface area contributed by atoms with Crippen LogP contribution in [0.4, 0.5) is 0 Å². The Bertz CT molecular complexity index is 215. The first-order valence-electron chi connectivity index (χ1n) is 4.94. The Balaban J connectivity index is 3.98. The van der Waals surface area contributed by atoms with Gasteiger partial charge in [-0.15, -0.1) is 0 Å². The molecule has 0 saturated heterocycles. The van der Waals surface area contributed by atoms with Crippen LogP contribution in [0.25, 0.3) is 0 Å². The Kier molecular flexibility index (Phi) is 7.72. The minimum atomic E-state index is -0.371. The van der Waals surface area contributed by atoms with E-state index in [0.717, 1.165) is 0 Å². The van der Waals surface area contributed by atoms with E-state index in [1.807, 2.05) is 0 Å². The van der Waals surface area contributed by atoms with Gasteiger partial charge in [-0.2, -0.15) is 0 Å². The quantitative estimate of drug-likeness (QED) is 0.426. The fourth-order valence-electron chi connectivity index (χ4n) is 0.894. The average molecular weight is 328 g/mol. The molecule has 0 fully saturated rings. The summed E-state index contributed by atoms with van der Waals surface area (Å²) in [7, 11) is 0.